The summed E-state index contributed by atoms with van der Waals surface area (Å²) in [5.74, 6) is 0.521. The van der Waals surface area contributed by atoms with Gasteiger partial charge >= 0.3 is 0 Å². The van der Waals surface area contributed by atoms with E-state index in [1.165, 1.54) is 39.8 Å². The maximum Gasteiger partial charge on any atom is 0.0313 e. The van der Waals surface area contributed by atoms with Crippen molar-refractivity contribution in [1.29, 1.82) is 0 Å². The fourth-order valence-corrected chi connectivity index (χ4v) is 4.51. The molecule has 0 spiro atoms. The van der Waals surface area contributed by atoms with Crippen molar-refractivity contribution in [2.24, 2.45) is 0 Å². The van der Waals surface area contributed by atoms with Gasteiger partial charge < -0.3 is 4.90 Å². The summed E-state index contributed by atoms with van der Waals surface area (Å²) in [5.41, 5.74) is 10.1. The normalized spacial score (nSPS) is 12.1. The third-order valence-corrected chi connectivity index (χ3v) is 6.96. The molecule has 36 heavy (non-hydrogen) atoms. The van der Waals surface area contributed by atoms with Crippen LogP contribution < -0.4 is 0 Å². The molecule has 0 aromatic heterocycles. The summed E-state index contributed by atoms with van der Waals surface area (Å²) in [6.45, 7) is 13.1. The largest absolute Gasteiger partial charge is 0.303 e. The Morgan fingerprint density at radius 1 is 0.750 bits per heavy atom. The summed E-state index contributed by atoms with van der Waals surface area (Å²) >= 11 is 0. The highest BCUT2D eigenvalue weighted by Gasteiger charge is 2.13. The van der Waals surface area contributed by atoms with Gasteiger partial charge in [-0.05, 0) is 99.3 Å². The molecule has 0 aliphatic carbocycles. The Bertz CT molecular complexity index is 1010. The Kier molecular flexibility index (Phi) is 14.5. The third kappa shape index (κ3) is 9.67. The molecule has 2 atom stereocenters. The topological polar surface area (TPSA) is 3.24 Å². The molecule has 1 nitrogen and oxygen atoms in total. The van der Waals surface area contributed by atoms with E-state index in [1.807, 2.05) is 13.8 Å². The van der Waals surface area contributed by atoms with Crippen molar-refractivity contribution < 1.29 is 0 Å². The molecule has 194 valence electrons. The molecule has 1 heteroatoms. The van der Waals surface area contributed by atoms with Gasteiger partial charge in [0.15, 0.2) is 0 Å². The highest BCUT2D eigenvalue weighted by Crippen LogP contribution is 2.27. The molecule has 0 bridgehead atoms. The summed E-state index contributed by atoms with van der Waals surface area (Å²) < 4.78 is 0. The van der Waals surface area contributed by atoms with E-state index >= 15 is 0 Å². The van der Waals surface area contributed by atoms with Crippen LogP contribution in [0.4, 0.5) is 0 Å². The summed E-state index contributed by atoms with van der Waals surface area (Å²) in [5, 5.41) is 0. The van der Waals surface area contributed by atoms with Crippen molar-refractivity contribution >= 4 is 0 Å². The first-order chi connectivity index (χ1) is 17.4. The lowest BCUT2D eigenvalue weighted by atomic mass is 9.86. The average molecular weight is 484 g/mol. The minimum atomic E-state index is 0.447. The van der Waals surface area contributed by atoms with Crippen LogP contribution in [0.25, 0.3) is 0 Å². The summed E-state index contributed by atoms with van der Waals surface area (Å²) in [7, 11) is 4.28. The molecule has 0 saturated heterocycles. The Morgan fingerprint density at radius 2 is 1.31 bits per heavy atom. The first-order valence-corrected chi connectivity index (χ1v) is 13.6. The van der Waals surface area contributed by atoms with Gasteiger partial charge in [-0.2, -0.15) is 0 Å². The minimum Gasteiger partial charge on any atom is -0.303 e. The Morgan fingerprint density at radius 3 is 1.86 bits per heavy atom. The van der Waals surface area contributed by atoms with Gasteiger partial charge in [0, 0.05) is 6.04 Å². The van der Waals surface area contributed by atoms with Crippen molar-refractivity contribution in [3.05, 3.63) is 106 Å². The van der Waals surface area contributed by atoms with Crippen molar-refractivity contribution in [2.75, 3.05) is 14.1 Å². The molecule has 0 N–H and O–H groups in total. The van der Waals surface area contributed by atoms with Crippen LogP contribution in [0, 0.1) is 19.8 Å². The molecule has 0 aliphatic rings. The van der Waals surface area contributed by atoms with Crippen LogP contribution in [0.3, 0.4) is 0 Å². The van der Waals surface area contributed by atoms with Crippen LogP contribution in [0.15, 0.2) is 66.7 Å². The van der Waals surface area contributed by atoms with Crippen LogP contribution in [0.2, 0.25) is 0 Å². The minimum absolute atomic E-state index is 0.447. The number of rotatable bonds is 10. The van der Waals surface area contributed by atoms with Gasteiger partial charge in [0.1, 0.15) is 0 Å². The Hall–Kier alpha value is -2.82. The number of hydrogen-bond donors (Lipinski definition) is 0. The molecule has 0 amide bonds. The van der Waals surface area contributed by atoms with Gasteiger partial charge in [-0.3, -0.25) is 0 Å². The van der Waals surface area contributed by atoms with Crippen molar-refractivity contribution in [3.63, 3.8) is 0 Å². The second kappa shape index (κ2) is 16.8. The molecule has 3 aromatic carbocycles. The summed E-state index contributed by atoms with van der Waals surface area (Å²) in [6, 6.07) is 25.9. The van der Waals surface area contributed by atoms with Crippen molar-refractivity contribution in [2.45, 2.75) is 85.6 Å². The molecule has 0 heterocycles. The lowest BCUT2D eigenvalue weighted by Crippen LogP contribution is -2.16. The van der Waals surface area contributed by atoms with Gasteiger partial charge in [-0.25, -0.2) is 0 Å². The van der Waals surface area contributed by atoms with Gasteiger partial charge in [0.05, 0.1) is 0 Å². The van der Waals surface area contributed by atoms with E-state index in [0.29, 0.717) is 12.0 Å². The fourth-order valence-electron chi connectivity index (χ4n) is 4.51. The van der Waals surface area contributed by atoms with Gasteiger partial charge in [0.2, 0.25) is 0 Å². The number of terminal acetylenes is 1. The summed E-state index contributed by atoms with van der Waals surface area (Å²) in [6.07, 6.45) is 13.7. The quantitative estimate of drug-likeness (QED) is 0.260. The maximum atomic E-state index is 4.00. The molecule has 2 unspecified atom stereocenters. The first-order valence-electron chi connectivity index (χ1n) is 13.6. The second-order valence-electron chi connectivity index (χ2n) is 9.71. The maximum absolute atomic E-state index is 4.00. The van der Waals surface area contributed by atoms with E-state index in [9.17, 15) is 0 Å². The summed E-state index contributed by atoms with van der Waals surface area (Å²) in [4.78, 5) is 2.26. The molecule has 0 aliphatic heterocycles. The number of hydrogen-bond acceptors (Lipinski definition) is 1. The van der Waals surface area contributed by atoms with Crippen LogP contribution in [0.1, 0.15) is 91.9 Å². The van der Waals surface area contributed by atoms with E-state index in [-0.39, 0.29) is 0 Å². The highest BCUT2D eigenvalue weighted by atomic mass is 15.1. The smallest absolute Gasteiger partial charge is 0.0313 e. The average Bonchev–Trinajstić information content (AvgIpc) is 2.92. The van der Waals surface area contributed by atoms with Gasteiger partial charge in [-0.1, -0.05) is 100.0 Å². The Labute approximate surface area is 223 Å². The van der Waals surface area contributed by atoms with Crippen molar-refractivity contribution in [3.8, 4) is 12.8 Å². The van der Waals surface area contributed by atoms with Crippen molar-refractivity contribution in [1.82, 2.24) is 4.90 Å². The highest BCUT2D eigenvalue weighted by molar-refractivity contribution is 5.36. The zero-order chi connectivity index (χ0) is 27.1. The Balaban J connectivity index is 0.00000154. The fraction of sp³-hybridized carbons (Fsp3) is 0.429. The van der Waals surface area contributed by atoms with E-state index < -0.39 is 0 Å². The lowest BCUT2D eigenvalue weighted by molar-refractivity contribution is 0.321. The van der Waals surface area contributed by atoms with Gasteiger partial charge in [-0.15, -0.1) is 12.8 Å². The zero-order valence-electron chi connectivity index (χ0n) is 24.1. The third-order valence-electron chi connectivity index (χ3n) is 6.96. The standard InChI is InChI=1S/C31H41N.C2H6.C2H2/c1-7-26-17-20-31(30(22-26)10-8-9-27-13-11-23(2)12-14-27)24(3)21-28-15-18-29(19-16-28)25(4)32(5)6;2*1-2/h11-20,22,24-25H,7-10,21H2,1-6H3;1-2H3;1-2H. The van der Waals surface area contributed by atoms with Crippen LogP contribution in [-0.4, -0.2) is 19.0 Å². The van der Waals surface area contributed by atoms with Crippen LogP contribution in [0.5, 0.6) is 0 Å². The van der Waals surface area contributed by atoms with E-state index in [2.05, 4.69) is 126 Å². The number of benzene rings is 3. The molecule has 3 rings (SSSR count). The van der Waals surface area contributed by atoms with Gasteiger partial charge in [0.25, 0.3) is 0 Å². The van der Waals surface area contributed by atoms with Crippen LogP contribution >= 0.6 is 0 Å². The zero-order valence-corrected chi connectivity index (χ0v) is 24.1. The second-order valence-corrected chi connectivity index (χ2v) is 9.71. The van der Waals surface area contributed by atoms with E-state index in [4.69, 9.17) is 0 Å². The number of aryl methyl sites for hydroxylation is 4. The van der Waals surface area contributed by atoms with E-state index in [0.717, 1.165) is 25.7 Å². The monoisotopic (exact) mass is 483 g/mol. The SMILES string of the molecule is C#C.CC.CCc1ccc(C(C)Cc2ccc(C(C)N(C)C)cc2)c(CCCc2ccc(C)cc2)c1. The van der Waals surface area contributed by atoms with Crippen LogP contribution in [-0.2, 0) is 25.7 Å². The molecule has 3 aromatic rings. The molecular weight excluding hydrogens is 434 g/mol. The molecule has 0 radical (unpaired) electrons. The molecular formula is C35H49N. The van der Waals surface area contributed by atoms with E-state index in [1.54, 1.807) is 5.56 Å². The first kappa shape index (κ1) is 31.2. The lowest BCUT2D eigenvalue weighted by Gasteiger charge is -2.21. The number of nitrogens with zero attached hydrogens (tertiary/aromatic N) is 1. The molecule has 0 fully saturated rings. The molecule has 0 saturated carbocycles. The predicted octanol–water partition coefficient (Wildman–Crippen LogP) is 8.98. The predicted molar refractivity (Wildman–Crippen MR) is 161 cm³/mol.